The van der Waals surface area contributed by atoms with Gasteiger partial charge in [-0.2, -0.15) is 0 Å². The molecule has 268 valence electrons. The Kier molecular flexibility index (Phi) is 15.0. The number of carbonyl (C=O) groups excluding carboxylic acids is 1. The predicted molar refractivity (Wildman–Crippen MR) is 186 cm³/mol. The molecule has 0 bridgehead atoms. The van der Waals surface area contributed by atoms with Crippen LogP contribution >= 0.6 is 23.4 Å². The van der Waals surface area contributed by atoms with E-state index in [1.54, 1.807) is 42.1 Å². The van der Waals surface area contributed by atoms with Gasteiger partial charge < -0.3 is 0 Å². The van der Waals surface area contributed by atoms with Crippen LogP contribution in [-0.2, 0) is 10.9 Å². The summed E-state index contributed by atoms with van der Waals surface area (Å²) in [5.74, 6) is -0.433. The number of hydrogen-bond acceptors (Lipinski definition) is 2. The van der Waals surface area contributed by atoms with Gasteiger partial charge >= 0.3 is 36.4 Å². The van der Waals surface area contributed by atoms with E-state index in [9.17, 15) is 30.5 Å². The fraction of sp³-hybridized carbons (Fsp3) is 0.306. The summed E-state index contributed by atoms with van der Waals surface area (Å²) < 4.78 is 86.8. The Morgan fingerprint density at radius 3 is 1.47 bits per heavy atom. The van der Waals surface area contributed by atoms with Crippen molar-refractivity contribution < 1.29 is 30.5 Å². The maximum absolute atomic E-state index is 13.6. The van der Waals surface area contributed by atoms with E-state index in [0.717, 1.165) is 37.3 Å². The van der Waals surface area contributed by atoms with Gasteiger partial charge in [0.15, 0.2) is 20.5 Å². The van der Waals surface area contributed by atoms with Gasteiger partial charge in [0.1, 0.15) is 11.6 Å². The van der Waals surface area contributed by atoms with E-state index in [4.69, 9.17) is 11.6 Å². The maximum atomic E-state index is 13.6. The van der Waals surface area contributed by atoms with Crippen LogP contribution in [0.25, 0.3) is 0 Å². The van der Waals surface area contributed by atoms with Crippen molar-refractivity contribution in [3.63, 3.8) is 0 Å². The summed E-state index contributed by atoms with van der Waals surface area (Å²) in [6, 6.07) is 26.7. The van der Waals surface area contributed by atoms with Gasteiger partial charge in [0.05, 0.1) is 15.9 Å². The number of unbranched alkanes of at least 4 members (excludes halogenated alkanes) is 8. The summed E-state index contributed by atoms with van der Waals surface area (Å²) in [4.78, 5) is 17.6. The quantitative estimate of drug-likeness (QED) is 0.0367. The SMILES string of the molecule is CCCCCCCCCCCC(=O)c1ccc(Sc2ccc([S+](c3ccc(F)cc3)c3ccc(F)cc3)cc2)c(Cl)c1.[F][Sb-]([F])([F])([F])([F])[F]. The second kappa shape index (κ2) is 17.8. The van der Waals surface area contributed by atoms with E-state index in [1.807, 2.05) is 24.3 Å². The Balaban J connectivity index is 0.000000838. The molecule has 0 aliphatic rings. The molecule has 0 fully saturated rings. The molecule has 0 saturated carbocycles. The normalized spacial score (nSPS) is 13.0. The average molecular weight is 860 g/mol. The first kappa shape index (κ1) is 41.2. The Labute approximate surface area is 297 Å². The van der Waals surface area contributed by atoms with Gasteiger partial charge in [-0.15, -0.1) is 0 Å². The molecule has 0 spiro atoms. The number of Topliss-reactive ketones (excluding diaryl/α,β-unsaturated/α-hetero) is 1. The molecule has 0 saturated heterocycles. The van der Waals surface area contributed by atoms with Crippen molar-refractivity contribution >= 4 is 59.5 Å². The standard InChI is InChI=1S/C36H38ClF2OS2.6FH.Sb/c1-2-3-4-5-6-7-8-9-10-11-35(40)27-12-25-36(34(37)26-27)41-30-17-23-33(24-18-30)42(31-19-13-28(38)14-20-31)32-21-15-29(39)16-22-32;;;;;;;/h12-26H,2-11H2,1H3;6*1H;/q+1;;;;;;;+5/p-6. The first-order valence-electron chi connectivity index (χ1n) is 15.8. The minimum atomic E-state index is -11.2. The molecule has 13 heteroatoms. The fourth-order valence-corrected chi connectivity index (χ4v) is 7.97. The molecule has 0 N–H and O–H groups in total. The van der Waals surface area contributed by atoms with Crippen LogP contribution in [0, 0.1) is 11.6 Å². The Morgan fingerprint density at radius 2 is 1.04 bits per heavy atom. The van der Waals surface area contributed by atoms with Gasteiger partial charge in [0, 0.05) is 21.8 Å². The van der Waals surface area contributed by atoms with Crippen LogP contribution in [0.2, 0.25) is 5.02 Å². The topological polar surface area (TPSA) is 17.1 Å². The van der Waals surface area contributed by atoms with Crippen molar-refractivity contribution in [2.75, 3.05) is 0 Å². The molecule has 4 rings (SSSR count). The van der Waals surface area contributed by atoms with Crippen molar-refractivity contribution in [3.8, 4) is 0 Å². The number of rotatable bonds is 16. The van der Waals surface area contributed by atoms with Gasteiger partial charge in [-0.3, -0.25) is 4.79 Å². The molecule has 0 aliphatic carbocycles. The van der Waals surface area contributed by atoms with Crippen LogP contribution in [0.5, 0.6) is 0 Å². The van der Waals surface area contributed by atoms with Crippen molar-refractivity contribution in [2.45, 2.75) is 95.6 Å². The summed E-state index contributed by atoms with van der Waals surface area (Å²) in [6.45, 7) is 2.24. The molecule has 0 heterocycles. The van der Waals surface area contributed by atoms with Gasteiger partial charge in [0.25, 0.3) is 0 Å². The molecule has 0 atom stereocenters. The van der Waals surface area contributed by atoms with Crippen molar-refractivity contribution in [2.24, 2.45) is 0 Å². The van der Waals surface area contributed by atoms with E-state index >= 15 is 0 Å². The monoisotopic (exact) mass is 858 g/mol. The summed E-state index contributed by atoms with van der Waals surface area (Å²) in [7, 11) is -0.512. The Hall–Kier alpha value is -2.20. The molecule has 0 aromatic heterocycles. The number of halogens is 9. The molecule has 4 aromatic rings. The van der Waals surface area contributed by atoms with Gasteiger partial charge in [-0.05, 0) is 91.3 Å². The summed E-state index contributed by atoms with van der Waals surface area (Å²) in [6.07, 6.45) is 11.6. The molecule has 0 unspecified atom stereocenters. The molecule has 0 radical (unpaired) electrons. The van der Waals surface area contributed by atoms with E-state index in [0.29, 0.717) is 17.0 Å². The van der Waals surface area contributed by atoms with E-state index in [2.05, 4.69) is 19.1 Å². The van der Waals surface area contributed by atoms with Crippen LogP contribution in [0.3, 0.4) is 0 Å². The fourth-order valence-electron chi connectivity index (χ4n) is 4.82. The van der Waals surface area contributed by atoms with Crippen molar-refractivity contribution in [3.05, 3.63) is 113 Å². The second-order valence-corrected chi connectivity index (χ2v) is 20.4. The molecule has 0 aliphatic heterocycles. The predicted octanol–water partition coefficient (Wildman–Crippen LogP) is 14.1. The summed E-state index contributed by atoms with van der Waals surface area (Å²) in [5.41, 5.74) is 0.668. The zero-order valence-electron chi connectivity index (χ0n) is 26.8. The zero-order chi connectivity index (χ0) is 36.1. The first-order valence-corrected chi connectivity index (χ1v) is 24.0. The molecule has 49 heavy (non-hydrogen) atoms. The van der Waals surface area contributed by atoms with E-state index < -0.39 is 30.4 Å². The summed E-state index contributed by atoms with van der Waals surface area (Å²) >= 11 is -3.09. The second-order valence-electron chi connectivity index (χ2n) is 11.4. The van der Waals surface area contributed by atoms with E-state index in [-0.39, 0.29) is 17.4 Å². The number of hydrogen-bond donors (Lipinski definition) is 0. The number of carbonyl (C=O) groups is 1. The number of benzene rings is 4. The Bertz CT molecular complexity index is 1580. The molecular weight excluding hydrogens is 822 g/mol. The third-order valence-electron chi connectivity index (χ3n) is 7.15. The Morgan fingerprint density at radius 1 is 0.633 bits per heavy atom. The third kappa shape index (κ3) is 17.0. The summed E-state index contributed by atoms with van der Waals surface area (Å²) in [5, 5.41) is 0.569. The molecule has 1 nitrogen and oxygen atoms in total. The minimum absolute atomic E-state index is 0.148. The van der Waals surface area contributed by atoms with E-state index in [1.165, 1.54) is 69.2 Å². The average Bonchev–Trinajstić information content (AvgIpc) is 3.02. The van der Waals surface area contributed by atoms with Crippen molar-refractivity contribution in [1.29, 1.82) is 0 Å². The third-order valence-corrected chi connectivity index (χ3v) is 10.9. The van der Waals surface area contributed by atoms with Crippen LogP contribution in [0.4, 0.5) is 25.7 Å². The van der Waals surface area contributed by atoms with Crippen LogP contribution in [0.1, 0.15) is 81.5 Å². The van der Waals surface area contributed by atoms with Gasteiger partial charge in [-0.1, -0.05) is 87.7 Å². The van der Waals surface area contributed by atoms with Crippen LogP contribution in [0.15, 0.2) is 115 Å². The zero-order valence-corrected chi connectivity index (χ0v) is 31.7. The molecule has 0 amide bonds. The van der Waals surface area contributed by atoms with Crippen LogP contribution < -0.4 is 0 Å². The first-order chi connectivity index (χ1) is 22.9. The number of ketones is 1. The van der Waals surface area contributed by atoms with Gasteiger partial charge in [-0.25, -0.2) is 8.78 Å². The van der Waals surface area contributed by atoms with Gasteiger partial charge in [0.2, 0.25) is 0 Å². The van der Waals surface area contributed by atoms with Crippen molar-refractivity contribution in [1.82, 2.24) is 0 Å². The molecule has 4 aromatic carbocycles. The van der Waals surface area contributed by atoms with Crippen LogP contribution in [-0.4, -0.2) is 25.3 Å². The molecular formula is C36H38ClF8OS2Sb.